The number of rotatable bonds is 6. The van der Waals surface area contributed by atoms with Crippen molar-refractivity contribution in [3.05, 3.63) is 89.5 Å². The monoisotopic (exact) mass is 502 g/mol. The van der Waals surface area contributed by atoms with E-state index in [0.29, 0.717) is 17.2 Å². The van der Waals surface area contributed by atoms with Gasteiger partial charge < -0.3 is 15.0 Å². The number of para-hydroxylation sites is 3. The summed E-state index contributed by atoms with van der Waals surface area (Å²) >= 11 is 0. The van der Waals surface area contributed by atoms with Crippen LogP contribution >= 0.6 is 7.82 Å². The van der Waals surface area contributed by atoms with Crippen LogP contribution < -0.4 is 82.5 Å². The quantitative estimate of drug-likeness (QED) is 0.486. The van der Waals surface area contributed by atoms with Gasteiger partial charge in [-0.2, -0.15) is 4.57 Å². The molecule has 0 atom stereocenters. The van der Waals surface area contributed by atoms with Gasteiger partial charge in [0, 0.05) is 0 Å². The molecule has 27 heavy (non-hydrogen) atoms. The third-order valence-corrected chi connectivity index (χ3v) is 5.17. The van der Waals surface area contributed by atoms with Crippen LogP contribution in [0, 0.1) is 20.8 Å². The number of phosphoric ester groups is 1. The van der Waals surface area contributed by atoms with E-state index in [-0.39, 0.29) is 70.3 Å². The summed E-state index contributed by atoms with van der Waals surface area (Å²) in [6, 6.07) is 22.0. The number of benzene rings is 3. The first-order valence-electron chi connectivity index (χ1n) is 8.32. The molecule has 0 unspecified atom stereocenters. The van der Waals surface area contributed by atoms with Crippen molar-refractivity contribution in [3.8, 4) is 17.2 Å². The molecule has 0 heterocycles. The molecule has 3 rings (SSSR count). The zero-order valence-electron chi connectivity index (χ0n) is 17.0. The van der Waals surface area contributed by atoms with Gasteiger partial charge in [-0.15, -0.1) is 0 Å². The van der Waals surface area contributed by atoms with Crippen molar-refractivity contribution in [1.29, 1.82) is 0 Å². The van der Waals surface area contributed by atoms with Crippen LogP contribution in [0.4, 0.5) is 0 Å². The molecule has 0 aliphatic rings. The first kappa shape index (κ1) is 22.6. The molecule has 0 aliphatic carbocycles. The fourth-order valence-electron chi connectivity index (χ4n) is 2.39. The first-order valence-corrected chi connectivity index (χ1v) is 9.79. The van der Waals surface area contributed by atoms with E-state index in [1.54, 1.807) is 18.2 Å². The minimum absolute atomic E-state index is 0. The molecule has 0 aliphatic heterocycles. The van der Waals surface area contributed by atoms with Gasteiger partial charge in [0.2, 0.25) is 0 Å². The summed E-state index contributed by atoms with van der Waals surface area (Å²) in [6.07, 6.45) is 0. The summed E-state index contributed by atoms with van der Waals surface area (Å²) < 4.78 is 30.8. The van der Waals surface area contributed by atoms with E-state index in [4.69, 9.17) is 13.6 Å². The summed E-state index contributed by atoms with van der Waals surface area (Å²) in [6.45, 7) is 5.63. The smallest absolute Gasteiger partial charge is 1.00 e. The van der Waals surface area contributed by atoms with E-state index in [1.807, 2.05) is 75.4 Å². The standard InChI is InChI=1S/C21H21O4P.Cs.H/c1-16-10-4-7-13-19(16)23-26(22,24-20-14-8-5-11-17(20)2)25-21-15-9-6-12-18(21)3;;/h4-15H,1-3H3;;/q;+1;-1. The van der Waals surface area contributed by atoms with Gasteiger partial charge in [-0.25, -0.2) is 0 Å². The van der Waals surface area contributed by atoms with E-state index in [1.165, 1.54) is 0 Å². The van der Waals surface area contributed by atoms with Gasteiger partial charge in [0.05, 0.1) is 0 Å². The summed E-state index contributed by atoms with van der Waals surface area (Å²) in [7, 11) is -3.97. The average Bonchev–Trinajstić information content (AvgIpc) is 2.61. The maximum atomic E-state index is 13.5. The number of phosphoric acid groups is 1. The second-order valence-electron chi connectivity index (χ2n) is 6.02. The van der Waals surface area contributed by atoms with Crippen LogP contribution in [-0.2, 0) is 4.57 Å². The minimum Gasteiger partial charge on any atom is -1.00 e. The van der Waals surface area contributed by atoms with Crippen molar-refractivity contribution in [1.82, 2.24) is 0 Å². The van der Waals surface area contributed by atoms with Crippen molar-refractivity contribution in [3.63, 3.8) is 0 Å². The number of hydrogen-bond acceptors (Lipinski definition) is 4. The van der Waals surface area contributed by atoms with Crippen LogP contribution in [0.2, 0.25) is 0 Å². The molecule has 0 spiro atoms. The van der Waals surface area contributed by atoms with Crippen LogP contribution in [0.1, 0.15) is 18.1 Å². The predicted octanol–water partition coefficient (Wildman–Crippen LogP) is 3.37. The Labute approximate surface area is 220 Å². The Bertz CT molecular complexity index is 842. The average molecular weight is 502 g/mol. The molecule has 0 bridgehead atoms. The van der Waals surface area contributed by atoms with E-state index >= 15 is 0 Å². The van der Waals surface area contributed by atoms with Gasteiger partial charge in [-0.05, 0) is 55.7 Å². The van der Waals surface area contributed by atoms with Crippen molar-refractivity contribution < 1.29 is 88.5 Å². The third kappa shape index (κ3) is 6.16. The molecule has 0 saturated carbocycles. The van der Waals surface area contributed by atoms with Gasteiger partial charge in [-0.3, -0.25) is 0 Å². The van der Waals surface area contributed by atoms with Gasteiger partial charge >= 0.3 is 76.7 Å². The molecule has 3 aromatic carbocycles. The molecule has 6 heteroatoms. The largest absolute Gasteiger partial charge is 1.00 e. The van der Waals surface area contributed by atoms with Gasteiger partial charge in [-0.1, -0.05) is 54.6 Å². The Morgan fingerprint density at radius 3 is 1.11 bits per heavy atom. The van der Waals surface area contributed by atoms with E-state index in [2.05, 4.69) is 0 Å². The number of aryl methyl sites for hydroxylation is 3. The predicted molar refractivity (Wildman–Crippen MR) is 104 cm³/mol. The maximum Gasteiger partial charge on any atom is 1.00 e. The van der Waals surface area contributed by atoms with Crippen LogP contribution in [0.3, 0.4) is 0 Å². The zero-order chi connectivity index (χ0) is 18.6. The molecule has 0 aromatic heterocycles. The Kier molecular flexibility index (Phi) is 8.56. The Balaban J connectivity index is 0.00000196. The fourth-order valence-corrected chi connectivity index (χ4v) is 3.84. The minimum atomic E-state index is -3.97. The van der Waals surface area contributed by atoms with Crippen molar-refractivity contribution in [2.45, 2.75) is 20.8 Å². The van der Waals surface area contributed by atoms with E-state index < -0.39 is 7.82 Å². The Morgan fingerprint density at radius 1 is 0.593 bits per heavy atom. The molecule has 0 amide bonds. The van der Waals surface area contributed by atoms with Crippen LogP contribution in [-0.4, -0.2) is 0 Å². The topological polar surface area (TPSA) is 44.8 Å². The molecule has 3 aromatic rings. The maximum absolute atomic E-state index is 13.5. The Hall–Kier alpha value is -0.658. The zero-order valence-corrected chi connectivity index (χ0v) is 23.2. The SMILES string of the molecule is Cc1ccccc1OP(=O)(Oc1ccccc1C)Oc1ccccc1C.[Cs+].[H-]. The summed E-state index contributed by atoms with van der Waals surface area (Å²) in [5.74, 6) is 1.37. The van der Waals surface area contributed by atoms with Crippen LogP contribution in [0.5, 0.6) is 17.2 Å². The Morgan fingerprint density at radius 2 is 0.852 bits per heavy atom. The van der Waals surface area contributed by atoms with Crippen LogP contribution in [0.25, 0.3) is 0 Å². The van der Waals surface area contributed by atoms with E-state index in [9.17, 15) is 4.57 Å². The molecule has 0 N–H and O–H groups in total. The van der Waals surface area contributed by atoms with Gasteiger partial charge in [0.1, 0.15) is 17.2 Å². The number of hydrogen-bond donors (Lipinski definition) is 0. The third-order valence-electron chi connectivity index (χ3n) is 3.91. The molecule has 136 valence electrons. The molecular weight excluding hydrogens is 480 g/mol. The second-order valence-corrected chi connectivity index (χ2v) is 7.46. The summed E-state index contributed by atoms with van der Waals surface area (Å²) in [5, 5.41) is 0. The van der Waals surface area contributed by atoms with Gasteiger partial charge in [0.25, 0.3) is 0 Å². The van der Waals surface area contributed by atoms with Crippen LogP contribution in [0.15, 0.2) is 72.8 Å². The summed E-state index contributed by atoms with van der Waals surface area (Å²) in [5.41, 5.74) is 2.53. The molecule has 4 nitrogen and oxygen atoms in total. The van der Waals surface area contributed by atoms with Crippen molar-refractivity contribution >= 4 is 7.82 Å². The second kappa shape index (κ2) is 10.2. The molecular formula is C21H22CsO4P. The van der Waals surface area contributed by atoms with Gasteiger partial charge in [0.15, 0.2) is 0 Å². The van der Waals surface area contributed by atoms with Crippen molar-refractivity contribution in [2.24, 2.45) is 0 Å². The first-order chi connectivity index (χ1) is 12.5. The molecule has 0 fully saturated rings. The van der Waals surface area contributed by atoms with Crippen molar-refractivity contribution in [2.75, 3.05) is 0 Å². The van der Waals surface area contributed by atoms with E-state index in [0.717, 1.165) is 16.7 Å². The fraction of sp³-hybridized carbons (Fsp3) is 0.143. The molecule has 0 saturated heterocycles. The normalized spacial score (nSPS) is 10.6. The molecule has 0 radical (unpaired) electrons. The summed E-state index contributed by atoms with van der Waals surface area (Å²) in [4.78, 5) is 0.